The highest BCUT2D eigenvalue weighted by atomic mass is 16.6. The molecule has 24 heavy (non-hydrogen) atoms. The number of benzene rings is 2. The van der Waals surface area contributed by atoms with Gasteiger partial charge in [0, 0.05) is 6.92 Å². The number of ether oxygens (including phenoxy) is 2. The van der Waals surface area contributed by atoms with Crippen LogP contribution in [0.2, 0.25) is 0 Å². The van der Waals surface area contributed by atoms with E-state index >= 15 is 0 Å². The van der Waals surface area contributed by atoms with E-state index < -0.39 is 30.6 Å². The summed E-state index contributed by atoms with van der Waals surface area (Å²) in [5, 5.41) is 9.34. The molecule has 2 aromatic rings. The van der Waals surface area contributed by atoms with E-state index in [1.54, 1.807) is 0 Å². The SMILES string of the molecule is CC(=O)OC[C@@H](CO)OC(=O)C(c1ccccc1)c1ccccc1. The molecule has 5 heteroatoms. The predicted octanol–water partition coefficient (Wildman–Crippen LogP) is 2.29. The summed E-state index contributed by atoms with van der Waals surface area (Å²) >= 11 is 0. The summed E-state index contributed by atoms with van der Waals surface area (Å²) in [7, 11) is 0. The minimum absolute atomic E-state index is 0.173. The highest BCUT2D eigenvalue weighted by Crippen LogP contribution is 2.26. The van der Waals surface area contributed by atoms with Crippen LogP contribution < -0.4 is 0 Å². The molecule has 0 fully saturated rings. The van der Waals surface area contributed by atoms with Crippen LogP contribution in [0.1, 0.15) is 24.0 Å². The first-order valence-electron chi connectivity index (χ1n) is 7.66. The average Bonchev–Trinajstić information content (AvgIpc) is 2.60. The van der Waals surface area contributed by atoms with Crippen molar-refractivity contribution in [3.05, 3.63) is 71.8 Å². The molecule has 0 aromatic heterocycles. The number of carbonyl (C=O) groups excluding carboxylic acids is 2. The molecule has 0 saturated carbocycles. The van der Waals surface area contributed by atoms with Crippen LogP contribution in [0.4, 0.5) is 0 Å². The zero-order valence-corrected chi connectivity index (χ0v) is 13.4. The van der Waals surface area contributed by atoms with E-state index in [-0.39, 0.29) is 6.61 Å². The molecule has 0 heterocycles. The van der Waals surface area contributed by atoms with Crippen molar-refractivity contribution in [2.75, 3.05) is 13.2 Å². The number of aliphatic hydroxyl groups is 1. The number of rotatable bonds is 7. The van der Waals surface area contributed by atoms with Gasteiger partial charge in [0.25, 0.3) is 0 Å². The van der Waals surface area contributed by atoms with E-state index in [0.717, 1.165) is 11.1 Å². The first kappa shape index (κ1) is 17.7. The Bertz CT molecular complexity index is 614. The largest absolute Gasteiger partial charge is 0.462 e. The second kappa shape index (κ2) is 8.84. The Morgan fingerprint density at radius 1 is 0.958 bits per heavy atom. The molecule has 2 aromatic carbocycles. The molecule has 1 atom stereocenters. The van der Waals surface area contributed by atoms with Gasteiger partial charge in [-0.25, -0.2) is 0 Å². The van der Waals surface area contributed by atoms with Gasteiger partial charge in [-0.15, -0.1) is 0 Å². The van der Waals surface area contributed by atoms with Crippen LogP contribution in [0.25, 0.3) is 0 Å². The monoisotopic (exact) mass is 328 g/mol. The molecule has 126 valence electrons. The van der Waals surface area contributed by atoms with Crippen LogP contribution >= 0.6 is 0 Å². The summed E-state index contributed by atoms with van der Waals surface area (Å²) in [6.07, 6.45) is -0.892. The van der Waals surface area contributed by atoms with Crippen molar-refractivity contribution in [2.45, 2.75) is 18.9 Å². The molecule has 0 aliphatic carbocycles. The summed E-state index contributed by atoms with van der Waals surface area (Å²) in [5.74, 6) is -1.61. The van der Waals surface area contributed by atoms with Gasteiger partial charge in [0.2, 0.25) is 0 Å². The molecule has 0 bridgehead atoms. The van der Waals surface area contributed by atoms with E-state index in [1.807, 2.05) is 60.7 Å². The smallest absolute Gasteiger partial charge is 0.318 e. The lowest BCUT2D eigenvalue weighted by molar-refractivity contribution is -0.161. The first-order chi connectivity index (χ1) is 11.6. The zero-order chi connectivity index (χ0) is 17.4. The third-order valence-corrected chi connectivity index (χ3v) is 3.46. The van der Waals surface area contributed by atoms with Gasteiger partial charge in [-0.2, -0.15) is 0 Å². The Morgan fingerprint density at radius 3 is 1.88 bits per heavy atom. The van der Waals surface area contributed by atoms with Crippen molar-refractivity contribution in [3.63, 3.8) is 0 Å². The van der Waals surface area contributed by atoms with Gasteiger partial charge < -0.3 is 14.6 Å². The Hall–Kier alpha value is -2.66. The highest BCUT2D eigenvalue weighted by molar-refractivity contribution is 5.82. The maximum absolute atomic E-state index is 12.7. The van der Waals surface area contributed by atoms with Crippen molar-refractivity contribution in [3.8, 4) is 0 Å². The quantitative estimate of drug-likeness (QED) is 0.790. The Labute approximate surface area is 140 Å². The van der Waals surface area contributed by atoms with Crippen molar-refractivity contribution in [1.82, 2.24) is 0 Å². The van der Waals surface area contributed by atoms with Gasteiger partial charge in [-0.3, -0.25) is 9.59 Å². The molecular weight excluding hydrogens is 308 g/mol. The van der Waals surface area contributed by atoms with Gasteiger partial charge >= 0.3 is 11.9 Å². The maximum Gasteiger partial charge on any atom is 0.318 e. The summed E-state index contributed by atoms with van der Waals surface area (Å²) < 4.78 is 10.2. The molecule has 0 aliphatic rings. The standard InChI is InChI=1S/C19H20O5/c1-14(21)23-13-17(12-20)24-19(22)18(15-8-4-2-5-9-15)16-10-6-3-7-11-16/h2-11,17-18,20H,12-13H2,1H3/t17-/m1/s1. The Balaban J connectivity index is 2.20. The predicted molar refractivity (Wildman–Crippen MR) is 88.3 cm³/mol. The fraction of sp³-hybridized carbons (Fsp3) is 0.263. The molecule has 1 N–H and O–H groups in total. The van der Waals surface area contributed by atoms with E-state index in [0.29, 0.717) is 0 Å². The lowest BCUT2D eigenvalue weighted by Crippen LogP contribution is -2.30. The molecule has 5 nitrogen and oxygen atoms in total. The lowest BCUT2D eigenvalue weighted by Gasteiger charge is -2.21. The molecule has 0 amide bonds. The topological polar surface area (TPSA) is 72.8 Å². The van der Waals surface area contributed by atoms with Gasteiger partial charge in [0.1, 0.15) is 12.5 Å². The first-order valence-corrected chi connectivity index (χ1v) is 7.66. The minimum atomic E-state index is -0.892. The number of hydrogen-bond donors (Lipinski definition) is 1. The summed E-state index contributed by atoms with van der Waals surface area (Å²) in [6, 6.07) is 18.5. The van der Waals surface area contributed by atoms with Crippen LogP contribution in [0.15, 0.2) is 60.7 Å². The number of esters is 2. The fourth-order valence-electron chi connectivity index (χ4n) is 2.32. The van der Waals surface area contributed by atoms with Crippen LogP contribution in [0.3, 0.4) is 0 Å². The van der Waals surface area contributed by atoms with Crippen LogP contribution in [0, 0.1) is 0 Å². The molecule has 2 rings (SSSR count). The van der Waals surface area contributed by atoms with Crippen molar-refractivity contribution in [1.29, 1.82) is 0 Å². The summed E-state index contributed by atoms with van der Waals surface area (Å²) in [5.41, 5.74) is 1.58. The minimum Gasteiger partial charge on any atom is -0.462 e. The average molecular weight is 328 g/mol. The van der Waals surface area contributed by atoms with E-state index in [2.05, 4.69) is 0 Å². The molecule has 0 unspecified atom stereocenters. The fourth-order valence-corrected chi connectivity index (χ4v) is 2.32. The summed E-state index contributed by atoms with van der Waals surface area (Å²) in [6.45, 7) is 0.663. The number of carbonyl (C=O) groups is 2. The molecule has 0 spiro atoms. The van der Waals surface area contributed by atoms with Crippen LogP contribution in [0.5, 0.6) is 0 Å². The van der Waals surface area contributed by atoms with Gasteiger partial charge in [-0.05, 0) is 11.1 Å². The third-order valence-electron chi connectivity index (χ3n) is 3.46. The number of aliphatic hydroxyl groups excluding tert-OH is 1. The number of hydrogen-bond acceptors (Lipinski definition) is 5. The van der Waals surface area contributed by atoms with Crippen molar-refractivity contribution >= 4 is 11.9 Å². The lowest BCUT2D eigenvalue weighted by atomic mass is 9.91. The van der Waals surface area contributed by atoms with E-state index in [9.17, 15) is 14.7 Å². The van der Waals surface area contributed by atoms with Crippen LogP contribution in [-0.4, -0.2) is 36.4 Å². The molecule has 0 saturated heterocycles. The zero-order valence-electron chi connectivity index (χ0n) is 13.4. The second-order valence-corrected chi connectivity index (χ2v) is 5.30. The highest BCUT2D eigenvalue weighted by Gasteiger charge is 2.27. The molecule has 0 radical (unpaired) electrons. The maximum atomic E-state index is 12.7. The van der Waals surface area contributed by atoms with Gasteiger partial charge in [0.15, 0.2) is 6.10 Å². The molecular formula is C19H20O5. The second-order valence-electron chi connectivity index (χ2n) is 5.30. The van der Waals surface area contributed by atoms with Crippen molar-refractivity contribution < 1.29 is 24.2 Å². The van der Waals surface area contributed by atoms with Crippen molar-refractivity contribution in [2.24, 2.45) is 0 Å². The van der Waals surface area contributed by atoms with E-state index in [1.165, 1.54) is 6.92 Å². The third kappa shape index (κ3) is 4.93. The Morgan fingerprint density at radius 2 is 1.46 bits per heavy atom. The van der Waals surface area contributed by atoms with Gasteiger partial charge in [-0.1, -0.05) is 60.7 Å². The molecule has 0 aliphatic heterocycles. The van der Waals surface area contributed by atoms with Gasteiger partial charge in [0.05, 0.1) is 6.61 Å². The Kier molecular flexibility index (Phi) is 6.51. The van der Waals surface area contributed by atoms with Crippen LogP contribution in [-0.2, 0) is 19.1 Å². The summed E-state index contributed by atoms with van der Waals surface area (Å²) in [4.78, 5) is 23.6. The van der Waals surface area contributed by atoms with E-state index in [4.69, 9.17) is 9.47 Å². The normalized spacial score (nSPS) is 11.8.